The van der Waals surface area contributed by atoms with Gasteiger partial charge in [0.25, 0.3) is 0 Å². The van der Waals surface area contributed by atoms with Gasteiger partial charge in [0, 0.05) is 34.7 Å². The molecule has 1 aliphatic heterocycles. The Morgan fingerprint density at radius 3 is 2.12 bits per heavy atom. The van der Waals surface area contributed by atoms with Crippen LogP contribution in [0.4, 0.5) is 0 Å². The highest BCUT2D eigenvalue weighted by molar-refractivity contribution is 5.79. The highest BCUT2D eigenvalue weighted by atomic mass is 15.3. The van der Waals surface area contributed by atoms with Gasteiger partial charge in [-0.05, 0) is 31.8 Å². The number of hydrogen-bond donors (Lipinski definition) is 0. The van der Waals surface area contributed by atoms with Crippen LogP contribution in [0.25, 0.3) is 0 Å². The second-order valence-electron chi connectivity index (χ2n) is 5.49. The van der Waals surface area contributed by atoms with E-state index in [4.69, 9.17) is 0 Å². The second-order valence-corrected chi connectivity index (χ2v) is 5.49. The minimum absolute atomic E-state index is 0.903. The first kappa shape index (κ1) is 14.3. The zero-order chi connectivity index (χ0) is 12.8. The third kappa shape index (κ3) is 4.94. The number of piperidine rings is 1. The van der Waals surface area contributed by atoms with Gasteiger partial charge in [0.05, 0.1) is 6.54 Å². The first-order valence-corrected chi connectivity index (χ1v) is 6.62. The standard InChI is InChI=1S/C13H28N4/c1-12-6-9-17(10-7-12)11-8-14-13(15(2)3)16(4)5/h12H,6-11H2,1-5H3. The second kappa shape index (κ2) is 6.84. The normalized spacial score (nSPS) is 17.9. The van der Waals surface area contributed by atoms with Crippen molar-refractivity contribution < 1.29 is 0 Å². The smallest absolute Gasteiger partial charge is 0.195 e. The minimum atomic E-state index is 0.903. The molecule has 0 atom stereocenters. The fraction of sp³-hybridized carbons (Fsp3) is 0.923. The molecule has 0 aliphatic carbocycles. The third-order valence-corrected chi connectivity index (χ3v) is 3.35. The maximum atomic E-state index is 4.66. The Labute approximate surface area is 106 Å². The van der Waals surface area contributed by atoms with Gasteiger partial charge >= 0.3 is 0 Å². The van der Waals surface area contributed by atoms with Crippen LogP contribution in [0, 0.1) is 5.92 Å². The molecule has 100 valence electrons. The SMILES string of the molecule is CC1CCN(CCN=C(N(C)C)N(C)C)CC1. The van der Waals surface area contributed by atoms with E-state index < -0.39 is 0 Å². The molecule has 17 heavy (non-hydrogen) atoms. The van der Waals surface area contributed by atoms with Crippen LogP contribution in [-0.4, -0.2) is 75.0 Å². The monoisotopic (exact) mass is 240 g/mol. The molecule has 1 fully saturated rings. The van der Waals surface area contributed by atoms with Crippen molar-refractivity contribution in [2.24, 2.45) is 10.9 Å². The fourth-order valence-corrected chi connectivity index (χ4v) is 2.26. The van der Waals surface area contributed by atoms with E-state index >= 15 is 0 Å². The largest absolute Gasteiger partial charge is 0.349 e. The van der Waals surface area contributed by atoms with Crippen LogP contribution in [0.3, 0.4) is 0 Å². The molecule has 4 nitrogen and oxygen atoms in total. The van der Waals surface area contributed by atoms with Crippen molar-refractivity contribution in [2.75, 3.05) is 54.4 Å². The Morgan fingerprint density at radius 2 is 1.65 bits per heavy atom. The summed E-state index contributed by atoms with van der Waals surface area (Å²) in [5.41, 5.74) is 0. The lowest BCUT2D eigenvalue weighted by molar-refractivity contribution is 0.197. The molecule has 4 heteroatoms. The number of aliphatic imine (C=N–C) groups is 1. The van der Waals surface area contributed by atoms with E-state index in [2.05, 4.69) is 26.6 Å². The van der Waals surface area contributed by atoms with Gasteiger partial charge in [-0.2, -0.15) is 0 Å². The molecular weight excluding hydrogens is 212 g/mol. The molecule has 0 radical (unpaired) electrons. The Kier molecular flexibility index (Phi) is 5.75. The number of hydrogen-bond acceptors (Lipinski definition) is 2. The average molecular weight is 240 g/mol. The van der Waals surface area contributed by atoms with Gasteiger partial charge < -0.3 is 14.7 Å². The first-order valence-electron chi connectivity index (χ1n) is 6.62. The molecule has 0 saturated carbocycles. The molecule has 0 aromatic carbocycles. The Bertz CT molecular complexity index is 230. The molecule has 1 saturated heterocycles. The summed E-state index contributed by atoms with van der Waals surface area (Å²) in [5, 5.41) is 0. The lowest BCUT2D eigenvalue weighted by Crippen LogP contribution is -2.37. The van der Waals surface area contributed by atoms with Crippen LogP contribution in [0.1, 0.15) is 19.8 Å². The van der Waals surface area contributed by atoms with Crippen molar-refractivity contribution in [2.45, 2.75) is 19.8 Å². The molecular formula is C13H28N4. The summed E-state index contributed by atoms with van der Waals surface area (Å²) in [6, 6.07) is 0. The van der Waals surface area contributed by atoms with Crippen LogP contribution >= 0.6 is 0 Å². The van der Waals surface area contributed by atoms with Crippen molar-refractivity contribution >= 4 is 5.96 Å². The molecule has 1 heterocycles. The summed E-state index contributed by atoms with van der Waals surface area (Å²) in [4.78, 5) is 11.3. The molecule has 0 amide bonds. The summed E-state index contributed by atoms with van der Waals surface area (Å²) in [6.45, 7) is 6.84. The van der Waals surface area contributed by atoms with Crippen LogP contribution in [-0.2, 0) is 0 Å². The highest BCUT2D eigenvalue weighted by Gasteiger charge is 2.14. The Hall–Kier alpha value is -0.770. The van der Waals surface area contributed by atoms with Gasteiger partial charge in [0.2, 0.25) is 0 Å². The van der Waals surface area contributed by atoms with Gasteiger partial charge in [-0.25, -0.2) is 0 Å². The van der Waals surface area contributed by atoms with E-state index in [0.29, 0.717) is 0 Å². The summed E-state index contributed by atoms with van der Waals surface area (Å²) in [6.07, 6.45) is 2.69. The molecule has 0 N–H and O–H groups in total. The van der Waals surface area contributed by atoms with Crippen molar-refractivity contribution in [1.82, 2.24) is 14.7 Å². The maximum absolute atomic E-state index is 4.66. The third-order valence-electron chi connectivity index (χ3n) is 3.35. The van der Waals surface area contributed by atoms with E-state index in [1.807, 2.05) is 28.2 Å². The zero-order valence-electron chi connectivity index (χ0n) is 12.1. The van der Waals surface area contributed by atoms with E-state index in [-0.39, 0.29) is 0 Å². The summed E-state index contributed by atoms with van der Waals surface area (Å²) in [7, 11) is 8.17. The van der Waals surface area contributed by atoms with E-state index in [0.717, 1.165) is 25.0 Å². The van der Waals surface area contributed by atoms with Crippen LogP contribution in [0.2, 0.25) is 0 Å². The number of likely N-dealkylation sites (tertiary alicyclic amines) is 1. The van der Waals surface area contributed by atoms with E-state index in [1.165, 1.54) is 25.9 Å². The van der Waals surface area contributed by atoms with Gasteiger partial charge in [-0.3, -0.25) is 4.99 Å². The van der Waals surface area contributed by atoms with Crippen molar-refractivity contribution in [3.05, 3.63) is 0 Å². The zero-order valence-corrected chi connectivity index (χ0v) is 12.1. The van der Waals surface area contributed by atoms with E-state index in [9.17, 15) is 0 Å². The van der Waals surface area contributed by atoms with Crippen LogP contribution in [0.5, 0.6) is 0 Å². The Balaban J connectivity index is 2.32. The van der Waals surface area contributed by atoms with Gasteiger partial charge in [0.15, 0.2) is 5.96 Å². The van der Waals surface area contributed by atoms with Crippen molar-refractivity contribution in [3.63, 3.8) is 0 Å². The minimum Gasteiger partial charge on any atom is -0.349 e. The van der Waals surface area contributed by atoms with Gasteiger partial charge in [-0.15, -0.1) is 0 Å². The fourth-order valence-electron chi connectivity index (χ4n) is 2.26. The number of guanidine groups is 1. The van der Waals surface area contributed by atoms with Crippen LogP contribution in [0.15, 0.2) is 4.99 Å². The number of rotatable bonds is 3. The van der Waals surface area contributed by atoms with Crippen molar-refractivity contribution in [3.8, 4) is 0 Å². The molecule has 1 aliphatic rings. The van der Waals surface area contributed by atoms with Gasteiger partial charge in [0.1, 0.15) is 0 Å². The van der Waals surface area contributed by atoms with Crippen LogP contribution < -0.4 is 0 Å². The maximum Gasteiger partial charge on any atom is 0.195 e. The molecule has 0 aromatic heterocycles. The lowest BCUT2D eigenvalue weighted by Gasteiger charge is -2.30. The summed E-state index contributed by atoms with van der Waals surface area (Å²) in [5.74, 6) is 1.96. The van der Waals surface area contributed by atoms with Crippen molar-refractivity contribution in [1.29, 1.82) is 0 Å². The highest BCUT2D eigenvalue weighted by Crippen LogP contribution is 2.15. The average Bonchev–Trinajstić information content (AvgIpc) is 2.25. The molecule has 0 bridgehead atoms. The molecule has 0 aromatic rings. The van der Waals surface area contributed by atoms with E-state index in [1.54, 1.807) is 0 Å². The quantitative estimate of drug-likeness (QED) is 0.547. The summed E-state index contributed by atoms with van der Waals surface area (Å²) < 4.78 is 0. The van der Waals surface area contributed by atoms with Gasteiger partial charge in [-0.1, -0.05) is 6.92 Å². The topological polar surface area (TPSA) is 22.1 Å². The lowest BCUT2D eigenvalue weighted by atomic mass is 9.99. The molecule has 1 rings (SSSR count). The Morgan fingerprint density at radius 1 is 1.12 bits per heavy atom. The summed E-state index contributed by atoms with van der Waals surface area (Å²) >= 11 is 0. The molecule has 0 spiro atoms. The first-order chi connectivity index (χ1) is 8.00. The predicted molar refractivity (Wildman–Crippen MR) is 74.5 cm³/mol. The number of nitrogens with zero attached hydrogens (tertiary/aromatic N) is 4. The molecule has 0 unspecified atom stereocenters. The predicted octanol–water partition coefficient (Wildman–Crippen LogP) is 1.20.